The van der Waals surface area contributed by atoms with Gasteiger partial charge in [-0.15, -0.1) is 11.3 Å². The number of carbonyl (C=O) groups is 2. The van der Waals surface area contributed by atoms with Crippen LogP contribution in [0.15, 0.2) is 30.3 Å². The van der Waals surface area contributed by atoms with E-state index in [0.717, 1.165) is 31.2 Å². The molecule has 0 unspecified atom stereocenters. The van der Waals surface area contributed by atoms with E-state index in [9.17, 15) is 9.59 Å². The molecule has 3 rings (SSSR count). The summed E-state index contributed by atoms with van der Waals surface area (Å²) in [5, 5.41) is 3.55. The van der Waals surface area contributed by atoms with Gasteiger partial charge in [-0.25, -0.2) is 4.79 Å². The number of anilines is 1. The smallest absolute Gasteiger partial charge is 0.341 e. The van der Waals surface area contributed by atoms with E-state index in [1.54, 1.807) is 12.1 Å². The number of esters is 1. The number of benzene rings is 1. The fourth-order valence-corrected chi connectivity index (χ4v) is 4.36. The summed E-state index contributed by atoms with van der Waals surface area (Å²) in [5.41, 5.74) is 2.20. The number of hydrogen-bond acceptors (Lipinski definition) is 4. The first kappa shape index (κ1) is 17.7. The second-order valence-corrected chi connectivity index (χ2v) is 7.65. The molecule has 2 aromatic rings. The van der Waals surface area contributed by atoms with Gasteiger partial charge in [0.15, 0.2) is 0 Å². The number of rotatable bonds is 4. The third kappa shape index (κ3) is 4.10. The van der Waals surface area contributed by atoms with E-state index in [2.05, 4.69) is 5.32 Å². The zero-order chi connectivity index (χ0) is 17.8. The van der Waals surface area contributed by atoms with Gasteiger partial charge in [0.1, 0.15) is 5.00 Å². The normalized spacial score (nSPS) is 13.9. The zero-order valence-electron chi connectivity index (χ0n) is 14.6. The lowest BCUT2D eigenvalue weighted by Crippen LogP contribution is -2.17. The van der Waals surface area contributed by atoms with Gasteiger partial charge in [0.25, 0.3) is 5.91 Å². The summed E-state index contributed by atoms with van der Waals surface area (Å²) in [7, 11) is 0. The molecule has 5 heteroatoms. The van der Waals surface area contributed by atoms with Crippen molar-refractivity contribution in [3.63, 3.8) is 0 Å². The Morgan fingerprint density at radius 2 is 1.80 bits per heavy atom. The molecule has 0 fully saturated rings. The average Bonchev–Trinajstić information content (AvgIpc) is 2.76. The quantitative estimate of drug-likeness (QED) is 0.629. The number of nitrogens with one attached hydrogen (secondary N) is 1. The van der Waals surface area contributed by atoms with Crippen LogP contribution in [-0.2, 0) is 17.6 Å². The Morgan fingerprint density at radius 3 is 2.52 bits per heavy atom. The van der Waals surface area contributed by atoms with Gasteiger partial charge in [-0.05, 0) is 57.2 Å². The molecule has 1 heterocycles. The van der Waals surface area contributed by atoms with Crippen molar-refractivity contribution >= 4 is 28.2 Å². The predicted octanol–water partition coefficient (Wildman–Crippen LogP) is 4.83. The molecule has 1 aromatic heterocycles. The van der Waals surface area contributed by atoms with Crippen LogP contribution >= 0.6 is 11.3 Å². The maximum absolute atomic E-state index is 12.7. The van der Waals surface area contributed by atoms with Gasteiger partial charge in [-0.2, -0.15) is 0 Å². The largest absolute Gasteiger partial charge is 0.459 e. The van der Waals surface area contributed by atoms with Gasteiger partial charge in [0, 0.05) is 10.4 Å². The second kappa shape index (κ2) is 7.83. The van der Waals surface area contributed by atoms with Crippen molar-refractivity contribution in [1.82, 2.24) is 0 Å². The van der Waals surface area contributed by atoms with Crippen LogP contribution in [0.3, 0.4) is 0 Å². The van der Waals surface area contributed by atoms with Crippen molar-refractivity contribution < 1.29 is 14.3 Å². The van der Waals surface area contributed by atoms with Crippen LogP contribution in [0.2, 0.25) is 0 Å². The summed E-state index contributed by atoms with van der Waals surface area (Å²) in [6.07, 6.45) is 5.01. The summed E-state index contributed by atoms with van der Waals surface area (Å²) in [6.45, 7) is 3.68. The van der Waals surface area contributed by atoms with Crippen molar-refractivity contribution in [3.8, 4) is 0 Å². The summed E-state index contributed by atoms with van der Waals surface area (Å²) in [4.78, 5) is 26.4. The number of carbonyl (C=O) groups excluding carboxylic acids is 2. The number of thiophene rings is 1. The molecule has 4 nitrogen and oxygen atoms in total. The van der Waals surface area contributed by atoms with Crippen LogP contribution < -0.4 is 5.32 Å². The molecule has 25 heavy (non-hydrogen) atoms. The third-order valence-corrected chi connectivity index (χ3v) is 5.44. The fraction of sp³-hybridized carbons (Fsp3) is 0.400. The molecule has 1 amide bonds. The first-order valence-corrected chi connectivity index (χ1v) is 9.60. The van der Waals surface area contributed by atoms with Crippen LogP contribution in [0, 0.1) is 0 Å². The van der Waals surface area contributed by atoms with Crippen molar-refractivity contribution in [1.29, 1.82) is 0 Å². The van der Waals surface area contributed by atoms with Gasteiger partial charge >= 0.3 is 5.97 Å². The summed E-state index contributed by atoms with van der Waals surface area (Å²) < 4.78 is 5.45. The molecule has 0 radical (unpaired) electrons. The van der Waals surface area contributed by atoms with E-state index in [1.807, 2.05) is 32.0 Å². The summed E-state index contributed by atoms with van der Waals surface area (Å²) in [6, 6.07) is 9.05. The lowest BCUT2D eigenvalue weighted by atomic mass is 10.1. The first-order valence-electron chi connectivity index (χ1n) is 8.78. The molecule has 0 spiro atoms. The molecule has 132 valence electrons. The molecule has 0 saturated carbocycles. The molecule has 1 aliphatic carbocycles. The average molecular weight is 357 g/mol. The highest BCUT2D eigenvalue weighted by atomic mass is 32.1. The van der Waals surface area contributed by atoms with Crippen molar-refractivity contribution in [2.75, 3.05) is 5.32 Å². The van der Waals surface area contributed by atoms with Crippen molar-refractivity contribution in [2.24, 2.45) is 0 Å². The Morgan fingerprint density at radius 1 is 1.08 bits per heavy atom. The standard InChI is InChI=1S/C20H23NO3S/c1-13(2)24-20(23)17-15-11-7-4-8-12-16(15)25-19(17)21-18(22)14-9-5-3-6-10-14/h3,5-6,9-10,13H,4,7-8,11-12H2,1-2H3,(H,21,22). The van der Waals surface area contributed by atoms with Crippen molar-refractivity contribution in [3.05, 3.63) is 51.9 Å². The SMILES string of the molecule is CC(C)OC(=O)c1c(NC(=O)c2ccccc2)sc2c1CCCCC2. The Labute approximate surface area is 152 Å². The topological polar surface area (TPSA) is 55.4 Å². The van der Waals surface area contributed by atoms with E-state index in [-0.39, 0.29) is 18.0 Å². The molecular formula is C20H23NO3S. The summed E-state index contributed by atoms with van der Waals surface area (Å²) >= 11 is 1.52. The van der Waals surface area contributed by atoms with Crippen LogP contribution in [0.1, 0.15) is 64.3 Å². The van der Waals surface area contributed by atoms with E-state index in [1.165, 1.54) is 22.6 Å². The van der Waals surface area contributed by atoms with E-state index >= 15 is 0 Å². The van der Waals surface area contributed by atoms with Gasteiger partial charge in [0.05, 0.1) is 11.7 Å². The minimum absolute atomic E-state index is 0.188. The Balaban J connectivity index is 1.94. The maximum Gasteiger partial charge on any atom is 0.341 e. The molecule has 0 atom stereocenters. The highest BCUT2D eigenvalue weighted by Gasteiger charge is 2.27. The molecule has 1 N–H and O–H groups in total. The predicted molar refractivity (Wildman–Crippen MR) is 101 cm³/mol. The molecule has 0 saturated heterocycles. The molecule has 1 aliphatic rings. The van der Waals surface area contributed by atoms with Crippen LogP contribution in [0.25, 0.3) is 0 Å². The monoisotopic (exact) mass is 357 g/mol. The van der Waals surface area contributed by atoms with Crippen molar-refractivity contribution in [2.45, 2.75) is 52.1 Å². The zero-order valence-corrected chi connectivity index (χ0v) is 15.4. The Bertz CT molecular complexity index is 765. The number of amides is 1. The van der Waals surface area contributed by atoms with Crippen LogP contribution in [-0.4, -0.2) is 18.0 Å². The number of aryl methyl sites for hydroxylation is 1. The minimum atomic E-state index is -0.335. The number of fused-ring (bicyclic) bond motifs is 1. The Hall–Kier alpha value is -2.14. The minimum Gasteiger partial charge on any atom is -0.459 e. The van der Waals surface area contributed by atoms with E-state index < -0.39 is 0 Å². The van der Waals surface area contributed by atoms with Crippen LogP contribution in [0.5, 0.6) is 0 Å². The molecule has 0 aliphatic heterocycles. The second-order valence-electron chi connectivity index (χ2n) is 6.54. The van der Waals surface area contributed by atoms with E-state index in [4.69, 9.17) is 4.74 Å². The lowest BCUT2D eigenvalue weighted by molar-refractivity contribution is 0.0378. The van der Waals surface area contributed by atoms with Gasteiger partial charge < -0.3 is 10.1 Å². The number of hydrogen-bond donors (Lipinski definition) is 1. The lowest BCUT2D eigenvalue weighted by Gasteiger charge is -2.11. The third-order valence-electron chi connectivity index (χ3n) is 4.23. The van der Waals surface area contributed by atoms with E-state index in [0.29, 0.717) is 16.1 Å². The highest BCUT2D eigenvalue weighted by Crippen LogP contribution is 2.38. The summed E-state index contributed by atoms with van der Waals surface area (Å²) in [5.74, 6) is -0.534. The first-order chi connectivity index (χ1) is 12.1. The van der Waals surface area contributed by atoms with Gasteiger partial charge in [0.2, 0.25) is 0 Å². The van der Waals surface area contributed by atoms with Gasteiger partial charge in [-0.1, -0.05) is 24.6 Å². The van der Waals surface area contributed by atoms with Gasteiger partial charge in [-0.3, -0.25) is 4.79 Å². The Kier molecular flexibility index (Phi) is 5.53. The molecular weight excluding hydrogens is 334 g/mol. The highest BCUT2D eigenvalue weighted by molar-refractivity contribution is 7.17. The number of ether oxygens (including phenoxy) is 1. The van der Waals surface area contributed by atoms with Crippen LogP contribution in [0.4, 0.5) is 5.00 Å². The fourth-order valence-electron chi connectivity index (χ4n) is 3.08. The molecule has 0 bridgehead atoms. The maximum atomic E-state index is 12.7. The molecule has 1 aromatic carbocycles.